The summed E-state index contributed by atoms with van der Waals surface area (Å²) in [6.45, 7) is 2.02. The first-order valence-corrected chi connectivity index (χ1v) is 9.05. The van der Waals surface area contributed by atoms with Gasteiger partial charge in [0.15, 0.2) is 5.78 Å². The summed E-state index contributed by atoms with van der Waals surface area (Å²) < 4.78 is 5.34. The van der Waals surface area contributed by atoms with Crippen molar-refractivity contribution in [3.8, 4) is 0 Å². The Bertz CT molecular complexity index is 1090. The normalized spacial score (nSPS) is 10.4. The van der Waals surface area contributed by atoms with Gasteiger partial charge in [0.25, 0.3) is 5.69 Å². The highest BCUT2D eigenvalue weighted by molar-refractivity contribution is 6.33. The summed E-state index contributed by atoms with van der Waals surface area (Å²) >= 11 is 5.81. The average Bonchev–Trinajstić information content (AvgIpc) is 2.72. The van der Waals surface area contributed by atoms with E-state index < -0.39 is 16.7 Å². The van der Waals surface area contributed by atoms with E-state index in [1.54, 1.807) is 12.1 Å². The largest absolute Gasteiger partial charge is 0.457 e. The van der Waals surface area contributed by atoms with E-state index >= 15 is 0 Å². The third kappa shape index (κ3) is 4.67. The molecule has 6 nitrogen and oxygen atoms in total. The Balaban J connectivity index is 1.85. The SMILES string of the molecule is Cc1ccc(COC(=O)c2ccccc2C(=O)c2ccc(Cl)c([N+](=O)[O-])c2)cc1. The molecule has 29 heavy (non-hydrogen) atoms. The van der Waals surface area contributed by atoms with Crippen molar-refractivity contribution in [1.29, 1.82) is 0 Å². The van der Waals surface area contributed by atoms with Gasteiger partial charge >= 0.3 is 5.97 Å². The number of carbonyl (C=O) groups excluding carboxylic acids is 2. The Kier molecular flexibility index (Phi) is 6.04. The predicted molar refractivity (Wildman–Crippen MR) is 108 cm³/mol. The van der Waals surface area contributed by atoms with Gasteiger partial charge in [-0.1, -0.05) is 59.6 Å². The lowest BCUT2D eigenvalue weighted by atomic mass is 9.98. The van der Waals surface area contributed by atoms with Crippen LogP contribution < -0.4 is 0 Å². The molecule has 0 saturated heterocycles. The van der Waals surface area contributed by atoms with E-state index in [9.17, 15) is 19.7 Å². The number of hydrogen-bond donors (Lipinski definition) is 0. The molecule has 0 radical (unpaired) electrons. The summed E-state index contributed by atoms with van der Waals surface area (Å²) in [4.78, 5) is 35.9. The number of carbonyl (C=O) groups is 2. The number of ether oxygens (including phenoxy) is 1. The molecule has 0 heterocycles. The number of nitro groups is 1. The number of ketones is 1. The van der Waals surface area contributed by atoms with Crippen LogP contribution >= 0.6 is 11.6 Å². The molecule has 0 aliphatic rings. The first-order chi connectivity index (χ1) is 13.9. The molecule has 0 amide bonds. The highest BCUT2D eigenvalue weighted by atomic mass is 35.5. The number of hydrogen-bond acceptors (Lipinski definition) is 5. The standard InChI is InChI=1S/C22H16ClNO5/c1-14-6-8-15(9-7-14)13-29-22(26)18-5-3-2-4-17(18)21(25)16-10-11-19(23)20(12-16)24(27)28/h2-12H,13H2,1H3. The summed E-state index contributed by atoms with van der Waals surface area (Å²) in [5.74, 6) is -1.19. The Hall–Kier alpha value is -3.51. The lowest BCUT2D eigenvalue weighted by molar-refractivity contribution is -0.384. The van der Waals surface area contributed by atoms with E-state index in [2.05, 4.69) is 0 Å². The molecule has 0 N–H and O–H groups in total. The molecule has 3 rings (SSSR count). The summed E-state index contributed by atoms with van der Waals surface area (Å²) in [6, 6.07) is 17.5. The van der Waals surface area contributed by atoms with Crippen LogP contribution in [0.4, 0.5) is 5.69 Å². The summed E-state index contributed by atoms with van der Waals surface area (Å²) in [6.07, 6.45) is 0. The predicted octanol–water partition coefficient (Wildman–Crippen LogP) is 5.14. The number of halogens is 1. The number of benzene rings is 3. The van der Waals surface area contributed by atoms with Gasteiger partial charge in [0.05, 0.1) is 10.5 Å². The molecule has 0 unspecified atom stereocenters. The number of esters is 1. The zero-order chi connectivity index (χ0) is 21.0. The van der Waals surface area contributed by atoms with Crippen LogP contribution in [0.5, 0.6) is 0 Å². The van der Waals surface area contributed by atoms with Crippen molar-refractivity contribution in [1.82, 2.24) is 0 Å². The van der Waals surface area contributed by atoms with Crippen molar-refractivity contribution in [3.63, 3.8) is 0 Å². The van der Waals surface area contributed by atoms with Crippen LogP contribution in [0.1, 0.15) is 37.4 Å². The van der Waals surface area contributed by atoms with Crippen LogP contribution in [0.15, 0.2) is 66.7 Å². The molecule has 0 saturated carbocycles. The maximum absolute atomic E-state index is 12.9. The maximum Gasteiger partial charge on any atom is 0.339 e. The minimum absolute atomic E-state index is 0.0554. The van der Waals surface area contributed by atoms with Gasteiger partial charge in [-0.05, 0) is 30.7 Å². The van der Waals surface area contributed by atoms with Crippen LogP contribution in [0, 0.1) is 17.0 Å². The third-order valence-electron chi connectivity index (χ3n) is 4.29. The monoisotopic (exact) mass is 409 g/mol. The molecule has 7 heteroatoms. The van der Waals surface area contributed by atoms with Crippen LogP contribution in [-0.4, -0.2) is 16.7 Å². The highest BCUT2D eigenvalue weighted by Crippen LogP contribution is 2.27. The Morgan fingerprint density at radius 2 is 1.66 bits per heavy atom. The van der Waals surface area contributed by atoms with Gasteiger partial charge in [0, 0.05) is 17.2 Å². The molecule has 0 aromatic heterocycles. The zero-order valence-electron chi connectivity index (χ0n) is 15.4. The highest BCUT2D eigenvalue weighted by Gasteiger charge is 2.22. The van der Waals surface area contributed by atoms with Crippen LogP contribution in [0.2, 0.25) is 5.02 Å². The number of aryl methyl sites for hydroxylation is 1. The van der Waals surface area contributed by atoms with Gasteiger partial charge in [0.1, 0.15) is 11.6 Å². The second kappa shape index (κ2) is 8.67. The van der Waals surface area contributed by atoms with Gasteiger partial charge in [-0.2, -0.15) is 0 Å². The fourth-order valence-corrected chi connectivity index (χ4v) is 2.91. The molecule has 0 aliphatic carbocycles. The molecule has 0 atom stereocenters. The van der Waals surface area contributed by atoms with Crippen molar-refractivity contribution in [2.75, 3.05) is 0 Å². The third-order valence-corrected chi connectivity index (χ3v) is 4.61. The summed E-state index contributed by atoms with van der Waals surface area (Å²) in [5, 5.41) is 11.0. The second-order valence-electron chi connectivity index (χ2n) is 6.36. The summed E-state index contributed by atoms with van der Waals surface area (Å²) in [7, 11) is 0. The number of nitro benzene ring substituents is 1. The Morgan fingerprint density at radius 3 is 2.31 bits per heavy atom. The Labute approximate surface area is 171 Å². The molecule has 0 spiro atoms. The first-order valence-electron chi connectivity index (χ1n) is 8.67. The fraction of sp³-hybridized carbons (Fsp3) is 0.0909. The average molecular weight is 410 g/mol. The molecule has 146 valence electrons. The van der Waals surface area contributed by atoms with E-state index in [0.717, 1.165) is 17.2 Å². The van der Waals surface area contributed by atoms with Crippen molar-refractivity contribution >= 4 is 29.0 Å². The molecular formula is C22H16ClNO5. The fourth-order valence-electron chi connectivity index (χ4n) is 2.72. The zero-order valence-corrected chi connectivity index (χ0v) is 16.2. The van der Waals surface area contributed by atoms with Gasteiger partial charge < -0.3 is 4.74 Å². The van der Waals surface area contributed by atoms with Crippen LogP contribution in [0.25, 0.3) is 0 Å². The van der Waals surface area contributed by atoms with Crippen LogP contribution in [-0.2, 0) is 11.3 Å². The smallest absolute Gasteiger partial charge is 0.339 e. The van der Waals surface area contributed by atoms with Crippen molar-refractivity contribution < 1.29 is 19.2 Å². The molecule has 0 fully saturated rings. The first kappa shape index (κ1) is 20.2. The van der Waals surface area contributed by atoms with Crippen molar-refractivity contribution in [2.24, 2.45) is 0 Å². The molecule has 0 aliphatic heterocycles. The molecular weight excluding hydrogens is 394 g/mol. The van der Waals surface area contributed by atoms with Crippen molar-refractivity contribution in [3.05, 3.63) is 110 Å². The molecule has 3 aromatic rings. The number of nitrogens with zero attached hydrogens (tertiary/aromatic N) is 1. The van der Waals surface area contributed by atoms with E-state index in [1.807, 2.05) is 31.2 Å². The Morgan fingerprint density at radius 1 is 1.00 bits per heavy atom. The second-order valence-corrected chi connectivity index (χ2v) is 6.77. The van der Waals surface area contributed by atoms with E-state index in [4.69, 9.17) is 16.3 Å². The van der Waals surface area contributed by atoms with Crippen molar-refractivity contribution in [2.45, 2.75) is 13.5 Å². The molecule has 0 bridgehead atoms. The lowest BCUT2D eigenvalue weighted by Gasteiger charge is -2.10. The van der Waals surface area contributed by atoms with Gasteiger partial charge in [0.2, 0.25) is 0 Å². The minimum Gasteiger partial charge on any atom is -0.457 e. The quantitative estimate of drug-likeness (QED) is 0.243. The maximum atomic E-state index is 12.9. The lowest BCUT2D eigenvalue weighted by Crippen LogP contribution is -2.13. The van der Waals surface area contributed by atoms with Gasteiger partial charge in [-0.25, -0.2) is 4.79 Å². The van der Waals surface area contributed by atoms with Gasteiger partial charge in [-0.15, -0.1) is 0 Å². The molecule has 3 aromatic carbocycles. The van der Waals surface area contributed by atoms with E-state index in [-0.39, 0.29) is 34.0 Å². The van der Waals surface area contributed by atoms with Crippen LogP contribution in [0.3, 0.4) is 0 Å². The van der Waals surface area contributed by atoms with E-state index in [1.165, 1.54) is 24.3 Å². The number of rotatable bonds is 6. The van der Waals surface area contributed by atoms with Gasteiger partial charge in [-0.3, -0.25) is 14.9 Å². The van der Waals surface area contributed by atoms with E-state index in [0.29, 0.717) is 0 Å². The topological polar surface area (TPSA) is 86.5 Å². The minimum atomic E-state index is -0.666. The summed E-state index contributed by atoms with van der Waals surface area (Å²) in [5.41, 5.74) is 1.77.